The maximum Gasteiger partial charge on any atom is 0.308 e. The first-order valence-electron chi connectivity index (χ1n) is 6.13. The van der Waals surface area contributed by atoms with E-state index in [9.17, 15) is 4.79 Å². The molecule has 0 bridgehead atoms. The number of benzene rings is 1. The lowest BCUT2D eigenvalue weighted by Crippen LogP contribution is -2.20. The molecule has 1 aliphatic rings. The SMILES string of the molecule is CC(C)c1ccc([C@@H]2CNC[C@H]2C(=O)O)cc1. The fraction of sp³-hybridized carbons (Fsp3) is 0.500. The van der Waals surface area contributed by atoms with Crippen LogP contribution in [0, 0.1) is 5.92 Å². The van der Waals surface area contributed by atoms with E-state index in [0.29, 0.717) is 12.5 Å². The number of hydrogen-bond donors (Lipinski definition) is 2. The van der Waals surface area contributed by atoms with Crippen LogP contribution in [-0.2, 0) is 4.79 Å². The lowest BCUT2D eigenvalue weighted by atomic mass is 9.88. The highest BCUT2D eigenvalue weighted by atomic mass is 16.4. The zero-order chi connectivity index (χ0) is 12.4. The average molecular weight is 233 g/mol. The van der Waals surface area contributed by atoms with Crippen molar-refractivity contribution in [3.63, 3.8) is 0 Å². The van der Waals surface area contributed by atoms with Crippen molar-refractivity contribution in [1.82, 2.24) is 5.32 Å². The molecule has 0 aliphatic carbocycles. The topological polar surface area (TPSA) is 49.3 Å². The van der Waals surface area contributed by atoms with E-state index in [4.69, 9.17) is 5.11 Å². The molecule has 17 heavy (non-hydrogen) atoms. The van der Waals surface area contributed by atoms with Gasteiger partial charge in [-0.05, 0) is 17.0 Å². The molecule has 1 aromatic rings. The summed E-state index contributed by atoms with van der Waals surface area (Å²) in [6.07, 6.45) is 0. The average Bonchev–Trinajstić information content (AvgIpc) is 2.78. The number of carbonyl (C=O) groups is 1. The molecule has 1 saturated heterocycles. The molecule has 0 unspecified atom stereocenters. The van der Waals surface area contributed by atoms with Gasteiger partial charge in [0.1, 0.15) is 0 Å². The molecule has 3 heteroatoms. The summed E-state index contributed by atoms with van der Waals surface area (Å²) in [6, 6.07) is 8.36. The molecule has 0 aromatic heterocycles. The van der Waals surface area contributed by atoms with Crippen LogP contribution < -0.4 is 5.32 Å². The summed E-state index contributed by atoms with van der Waals surface area (Å²) in [4.78, 5) is 11.1. The summed E-state index contributed by atoms with van der Waals surface area (Å²) in [5.41, 5.74) is 2.43. The van der Waals surface area contributed by atoms with Gasteiger partial charge in [-0.2, -0.15) is 0 Å². The minimum absolute atomic E-state index is 0.105. The Bertz CT molecular complexity index is 397. The number of rotatable bonds is 3. The van der Waals surface area contributed by atoms with E-state index in [1.807, 2.05) is 0 Å². The van der Waals surface area contributed by atoms with Gasteiger partial charge in [0.15, 0.2) is 0 Å². The molecule has 2 N–H and O–H groups in total. The molecule has 0 saturated carbocycles. The van der Waals surface area contributed by atoms with Crippen LogP contribution in [-0.4, -0.2) is 24.2 Å². The van der Waals surface area contributed by atoms with Crippen LogP contribution in [0.25, 0.3) is 0 Å². The number of hydrogen-bond acceptors (Lipinski definition) is 2. The third-order valence-corrected chi connectivity index (χ3v) is 3.56. The standard InChI is InChI=1S/C14H19NO2/c1-9(2)10-3-5-11(6-4-10)12-7-15-8-13(12)14(16)17/h3-6,9,12-13,15H,7-8H2,1-2H3,(H,16,17)/t12-,13+/m0/s1. The quantitative estimate of drug-likeness (QED) is 0.841. The van der Waals surface area contributed by atoms with E-state index in [2.05, 4.69) is 43.4 Å². The number of aliphatic carboxylic acids is 1. The van der Waals surface area contributed by atoms with Crippen molar-refractivity contribution in [3.05, 3.63) is 35.4 Å². The molecule has 3 nitrogen and oxygen atoms in total. The second-order valence-corrected chi connectivity index (χ2v) is 5.03. The summed E-state index contributed by atoms with van der Waals surface area (Å²) in [5, 5.41) is 12.3. The lowest BCUT2D eigenvalue weighted by Gasteiger charge is -2.16. The van der Waals surface area contributed by atoms with Crippen LogP contribution in [0.3, 0.4) is 0 Å². The van der Waals surface area contributed by atoms with E-state index < -0.39 is 5.97 Å². The Morgan fingerprint density at radius 1 is 1.29 bits per heavy atom. The van der Waals surface area contributed by atoms with Crippen molar-refractivity contribution in [3.8, 4) is 0 Å². The maximum absolute atomic E-state index is 11.1. The first-order valence-corrected chi connectivity index (χ1v) is 6.13. The molecular formula is C14H19NO2. The third kappa shape index (κ3) is 2.50. The van der Waals surface area contributed by atoms with Crippen molar-refractivity contribution in [2.75, 3.05) is 13.1 Å². The van der Waals surface area contributed by atoms with E-state index >= 15 is 0 Å². The zero-order valence-corrected chi connectivity index (χ0v) is 10.3. The largest absolute Gasteiger partial charge is 0.481 e. The van der Waals surface area contributed by atoms with Crippen molar-refractivity contribution in [1.29, 1.82) is 0 Å². The monoisotopic (exact) mass is 233 g/mol. The van der Waals surface area contributed by atoms with Gasteiger partial charge in [0.25, 0.3) is 0 Å². The van der Waals surface area contributed by atoms with Crippen LogP contribution in [0.15, 0.2) is 24.3 Å². The number of carboxylic acid groups (broad SMARTS) is 1. The molecule has 1 heterocycles. The zero-order valence-electron chi connectivity index (χ0n) is 10.3. The summed E-state index contributed by atoms with van der Waals surface area (Å²) in [6.45, 7) is 5.66. The van der Waals surface area contributed by atoms with Gasteiger partial charge in [0, 0.05) is 19.0 Å². The minimum atomic E-state index is -0.701. The Morgan fingerprint density at radius 2 is 1.94 bits per heavy atom. The molecule has 92 valence electrons. The van der Waals surface area contributed by atoms with Crippen LogP contribution >= 0.6 is 0 Å². The fourth-order valence-electron chi connectivity index (χ4n) is 2.42. The first-order chi connectivity index (χ1) is 8.09. The molecule has 0 spiro atoms. The van der Waals surface area contributed by atoms with Crippen LogP contribution in [0.4, 0.5) is 0 Å². The van der Waals surface area contributed by atoms with Gasteiger partial charge in [0.2, 0.25) is 0 Å². The summed E-state index contributed by atoms with van der Waals surface area (Å²) < 4.78 is 0. The van der Waals surface area contributed by atoms with Gasteiger partial charge in [-0.1, -0.05) is 38.1 Å². The molecule has 1 fully saturated rings. The lowest BCUT2D eigenvalue weighted by molar-refractivity contribution is -0.141. The van der Waals surface area contributed by atoms with Gasteiger partial charge >= 0.3 is 5.97 Å². The summed E-state index contributed by atoms with van der Waals surface area (Å²) in [5.74, 6) is -0.373. The van der Waals surface area contributed by atoms with Crippen molar-refractivity contribution >= 4 is 5.97 Å². The number of nitrogens with one attached hydrogen (secondary N) is 1. The van der Waals surface area contributed by atoms with Crippen LogP contribution in [0.2, 0.25) is 0 Å². The summed E-state index contributed by atoms with van der Waals surface area (Å²) in [7, 11) is 0. The Balaban J connectivity index is 2.19. The van der Waals surface area contributed by atoms with E-state index in [1.54, 1.807) is 0 Å². The Morgan fingerprint density at radius 3 is 2.47 bits per heavy atom. The first kappa shape index (κ1) is 12.1. The van der Waals surface area contributed by atoms with E-state index in [1.165, 1.54) is 5.56 Å². The van der Waals surface area contributed by atoms with Gasteiger partial charge in [-0.15, -0.1) is 0 Å². The molecule has 2 rings (SSSR count). The normalized spacial score (nSPS) is 24.2. The second kappa shape index (κ2) is 4.88. The van der Waals surface area contributed by atoms with Gasteiger partial charge < -0.3 is 10.4 Å². The third-order valence-electron chi connectivity index (χ3n) is 3.56. The predicted octanol–water partition coefficient (Wildman–Crippen LogP) is 2.20. The molecule has 1 aliphatic heterocycles. The predicted molar refractivity (Wildman–Crippen MR) is 67.3 cm³/mol. The van der Waals surface area contributed by atoms with Crippen LogP contribution in [0.1, 0.15) is 36.8 Å². The van der Waals surface area contributed by atoms with Gasteiger partial charge in [0.05, 0.1) is 5.92 Å². The second-order valence-electron chi connectivity index (χ2n) is 5.03. The Labute approximate surface area is 102 Å². The minimum Gasteiger partial charge on any atom is -0.481 e. The molecular weight excluding hydrogens is 214 g/mol. The molecule has 2 atom stereocenters. The van der Waals surface area contributed by atoms with E-state index in [-0.39, 0.29) is 11.8 Å². The molecule has 0 radical (unpaired) electrons. The highest BCUT2D eigenvalue weighted by Crippen LogP contribution is 2.29. The maximum atomic E-state index is 11.1. The van der Waals surface area contributed by atoms with Crippen molar-refractivity contribution in [2.24, 2.45) is 5.92 Å². The molecule has 1 aromatic carbocycles. The smallest absolute Gasteiger partial charge is 0.308 e. The van der Waals surface area contributed by atoms with Crippen molar-refractivity contribution in [2.45, 2.75) is 25.7 Å². The van der Waals surface area contributed by atoms with Gasteiger partial charge in [-0.3, -0.25) is 4.79 Å². The van der Waals surface area contributed by atoms with Gasteiger partial charge in [-0.25, -0.2) is 0 Å². The van der Waals surface area contributed by atoms with Crippen molar-refractivity contribution < 1.29 is 9.90 Å². The fourth-order valence-corrected chi connectivity index (χ4v) is 2.42. The Kier molecular flexibility index (Phi) is 3.48. The number of carboxylic acids is 1. The molecule has 0 amide bonds. The highest BCUT2D eigenvalue weighted by molar-refractivity contribution is 5.72. The Hall–Kier alpha value is -1.35. The van der Waals surface area contributed by atoms with E-state index in [0.717, 1.165) is 12.1 Å². The summed E-state index contributed by atoms with van der Waals surface area (Å²) >= 11 is 0. The highest BCUT2D eigenvalue weighted by Gasteiger charge is 2.33. The van der Waals surface area contributed by atoms with Crippen LogP contribution in [0.5, 0.6) is 0 Å².